The predicted molar refractivity (Wildman–Crippen MR) is 65.0 cm³/mol. The summed E-state index contributed by atoms with van der Waals surface area (Å²) in [5, 5.41) is 0. The van der Waals surface area contributed by atoms with Crippen molar-refractivity contribution >= 4 is 0 Å². The highest BCUT2D eigenvalue weighted by Gasteiger charge is 2.15. The summed E-state index contributed by atoms with van der Waals surface area (Å²) in [5.74, 6) is -3.93. The first-order valence-electron chi connectivity index (χ1n) is 5.78. The van der Waals surface area contributed by atoms with E-state index >= 15 is 0 Å². The van der Waals surface area contributed by atoms with Gasteiger partial charge in [-0.3, -0.25) is 0 Å². The number of benzene rings is 2. The summed E-state index contributed by atoms with van der Waals surface area (Å²) in [7, 11) is 0. The molecule has 0 N–H and O–H groups in total. The second-order valence-electron chi connectivity index (χ2n) is 4.52. The van der Waals surface area contributed by atoms with Gasteiger partial charge in [-0.05, 0) is 36.1 Å². The van der Waals surface area contributed by atoms with Gasteiger partial charge in [-0.15, -0.1) is 0 Å². The molecule has 0 saturated carbocycles. The zero-order valence-corrected chi connectivity index (χ0v) is 10.5. The molecule has 2 aromatic carbocycles. The monoisotopic (exact) mass is 268 g/mol. The first kappa shape index (κ1) is 13.6. The molecule has 0 amide bonds. The van der Waals surface area contributed by atoms with Crippen molar-refractivity contribution < 1.29 is 17.6 Å². The van der Waals surface area contributed by atoms with Crippen molar-refractivity contribution in [3.05, 3.63) is 69.8 Å². The summed E-state index contributed by atoms with van der Waals surface area (Å²) in [4.78, 5) is 0. The molecule has 0 aliphatic carbocycles. The van der Waals surface area contributed by atoms with Crippen LogP contribution < -0.4 is 0 Å². The van der Waals surface area contributed by atoms with Crippen molar-refractivity contribution in [2.24, 2.45) is 0 Å². The molecule has 0 unspecified atom stereocenters. The van der Waals surface area contributed by atoms with Gasteiger partial charge in [0.25, 0.3) is 0 Å². The van der Waals surface area contributed by atoms with E-state index in [2.05, 4.69) is 0 Å². The fourth-order valence-corrected chi connectivity index (χ4v) is 1.85. The van der Waals surface area contributed by atoms with Crippen molar-refractivity contribution in [1.29, 1.82) is 0 Å². The molecule has 100 valence electrons. The minimum atomic E-state index is -1.01. The first-order chi connectivity index (χ1) is 8.91. The van der Waals surface area contributed by atoms with Gasteiger partial charge in [0.1, 0.15) is 0 Å². The molecule has 2 rings (SSSR count). The molecule has 0 spiro atoms. The standard InChI is InChI=1S/C15H12F4/c1-8-3-5-10(14(18)12(8)16)7-11-6-4-9(2)13(17)15(11)19/h3-6H,7H2,1-2H3. The smallest absolute Gasteiger partial charge is 0.162 e. The lowest BCUT2D eigenvalue weighted by atomic mass is 10.0. The molecule has 0 heterocycles. The average Bonchev–Trinajstić information content (AvgIpc) is 2.39. The van der Waals surface area contributed by atoms with Gasteiger partial charge in [0.15, 0.2) is 23.3 Å². The van der Waals surface area contributed by atoms with E-state index < -0.39 is 23.3 Å². The Balaban J connectivity index is 2.43. The molecule has 0 atom stereocenters. The van der Waals surface area contributed by atoms with Gasteiger partial charge < -0.3 is 0 Å². The number of hydrogen-bond acceptors (Lipinski definition) is 0. The van der Waals surface area contributed by atoms with E-state index in [0.717, 1.165) is 0 Å². The van der Waals surface area contributed by atoms with Crippen LogP contribution in [0.4, 0.5) is 17.6 Å². The minimum absolute atomic E-state index is 0.00486. The molecular formula is C15H12F4. The molecule has 0 aromatic heterocycles. The van der Waals surface area contributed by atoms with E-state index in [-0.39, 0.29) is 28.7 Å². The van der Waals surface area contributed by atoms with Crippen LogP contribution in [0.2, 0.25) is 0 Å². The Morgan fingerprint density at radius 1 is 0.632 bits per heavy atom. The third-order valence-electron chi connectivity index (χ3n) is 3.09. The highest BCUT2D eigenvalue weighted by Crippen LogP contribution is 2.22. The van der Waals surface area contributed by atoms with Crippen LogP contribution >= 0.6 is 0 Å². The molecule has 0 nitrogen and oxygen atoms in total. The summed E-state index contributed by atoms with van der Waals surface area (Å²) in [6.07, 6.45) is -0.188. The van der Waals surface area contributed by atoms with E-state index in [4.69, 9.17) is 0 Å². The normalized spacial score (nSPS) is 10.8. The van der Waals surface area contributed by atoms with Crippen LogP contribution in [0.3, 0.4) is 0 Å². The van der Waals surface area contributed by atoms with Gasteiger partial charge >= 0.3 is 0 Å². The lowest BCUT2D eigenvalue weighted by Gasteiger charge is -2.08. The van der Waals surface area contributed by atoms with Gasteiger partial charge in [0.2, 0.25) is 0 Å². The summed E-state index contributed by atoms with van der Waals surface area (Å²) in [5.41, 5.74) is 0.365. The van der Waals surface area contributed by atoms with Gasteiger partial charge in [0, 0.05) is 6.42 Å². The third-order valence-corrected chi connectivity index (χ3v) is 3.09. The van der Waals surface area contributed by atoms with E-state index in [1.165, 1.54) is 38.1 Å². The average molecular weight is 268 g/mol. The van der Waals surface area contributed by atoms with Gasteiger partial charge in [0.05, 0.1) is 0 Å². The fourth-order valence-electron chi connectivity index (χ4n) is 1.85. The molecular weight excluding hydrogens is 256 g/mol. The topological polar surface area (TPSA) is 0 Å². The molecule has 0 aliphatic rings. The lowest BCUT2D eigenvalue weighted by molar-refractivity contribution is 0.486. The van der Waals surface area contributed by atoms with Crippen LogP contribution in [0.5, 0.6) is 0 Å². The summed E-state index contributed by atoms with van der Waals surface area (Å²) in [6.45, 7) is 2.88. The summed E-state index contributed by atoms with van der Waals surface area (Å²) in [6, 6.07) is 5.59. The SMILES string of the molecule is Cc1ccc(Cc2ccc(C)c(F)c2F)c(F)c1F. The molecule has 0 radical (unpaired) electrons. The molecule has 19 heavy (non-hydrogen) atoms. The maximum Gasteiger partial charge on any atom is 0.162 e. The van der Waals surface area contributed by atoms with Crippen molar-refractivity contribution in [1.82, 2.24) is 0 Å². The largest absolute Gasteiger partial charge is 0.203 e. The van der Waals surface area contributed by atoms with Crippen LogP contribution in [0, 0.1) is 37.1 Å². The predicted octanol–water partition coefficient (Wildman–Crippen LogP) is 4.45. The molecule has 4 heteroatoms. The van der Waals surface area contributed by atoms with Gasteiger partial charge in [-0.1, -0.05) is 24.3 Å². The van der Waals surface area contributed by atoms with Crippen molar-refractivity contribution in [3.63, 3.8) is 0 Å². The second-order valence-corrected chi connectivity index (χ2v) is 4.52. The maximum absolute atomic E-state index is 13.7. The Labute approximate surface area is 108 Å². The Bertz CT molecular complexity index is 577. The summed E-state index contributed by atoms with van der Waals surface area (Å²) < 4.78 is 54.1. The van der Waals surface area contributed by atoms with E-state index in [0.29, 0.717) is 0 Å². The summed E-state index contributed by atoms with van der Waals surface area (Å²) >= 11 is 0. The van der Waals surface area contributed by atoms with Crippen LogP contribution in [0.15, 0.2) is 24.3 Å². The van der Waals surface area contributed by atoms with Crippen molar-refractivity contribution in [3.8, 4) is 0 Å². The Hall–Kier alpha value is -1.84. The Morgan fingerprint density at radius 3 is 1.37 bits per heavy atom. The van der Waals surface area contributed by atoms with Gasteiger partial charge in [-0.2, -0.15) is 0 Å². The molecule has 0 aliphatic heterocycles. The second kappa shape index (κ2) is 5.03. The third kappa shape index (κ3) is 2.48. The molecule has 0 saturated heterocycles. The quantitative estimate of drug-likeness (QED) is 0.706. The molecule has 2 aromatic rings. The van der Waals surface area contributed by atoms with Crippen LogP contribution in [0.1, 0.15) is 22.3 Å². The van der Waals surface area contributed by atoms with E-state index in [9.17, 15) is 17.6 Å². The Kier molecular flexibility index (Phi) is 3.60. The zero-order chi connectivity index (χ0) is 14.2. The highest BCUT2D eigenvalue weighted by molar-refractivity contribution is 5.33. The molecule has 0 bridgehead atoms. The molecule has 0 fully saturated rings. The highest BCUT2D eigenvalue weighted by atomic mass is 19.2. The van der Waals surface area contributed by atoms with Crippen LogP contribution in [-0.4, -0.2) is 0 Å². The Morgan fingerprint density at radius 2 is 1.00 bits per heavy atom. The fraction of sp³-hybridized carbons (Fsp3) is 0.200. The van der Waals surface area contributed by atoms with Crippen molar-refractivity contribution in [2.75, 3.05) is 0 Å². The first-order valence-corrected chi connectivity index (χ1v) is 5.78. The lowest BCUT2D eigenvalue weighted by Crippen LogP contribution is -2.02. The zero-order valence-electron chi connectivity index (χ0n) is 10.5. The number of rotatable bonds is 2. The number of halogens is 4. The maximum atomic E-state index is 13.7. The van der Waals surface area contributed by atoms with Crippen molar-refractivity contribution in [2.45, 2.75) is 20.3 Å². The van der Waals surface area contributed by atoms with E-state index in [1.54, 1.807) is 0 Å². The van der Waals surface area contributed by atoms with Gasteiger partial charge in [-0.25, -0.2) is 17.6 Å². The van der Waals surface area contributed by atoms with Crippen LogP contribution in [0.25, 0.3) is 0 Å². The minimum Gasteiger partial charge on any atom is -0.203 e. The number of aryl methyl sites for hydroxylation is 2. The van der Waals surface area contributed by atoms with E-state index in [1.807, 2.05) is 0 Å². The number of hydrogen-bond donors (Lipinski definition) is 0. The van der Waals surface area contributed by atoms with Crippen LogP contribution in [-0.2, 0) is 6.42 Å².